The molecule has 1 saturated heterocycles. The van der Waals surface area contributed by atoms with Crippen molar-refractivity contribution in [3.63, 3.8) is 0 Å². The smallest absolute Gasteiger partial charge is 0.0417 e. The number of piperidine rings is 1. The predicted molar refractivity (Wildman–Crippen MR) is 77.7 cm³/mol. The van der Waals surface area contributed by atoms with Crippen LogP contribution in [0.5, 0.6) is 0 Å². The third-order valence-electron chi connectivity index (χ3n) is 3.75. The normalized spacial score (nSPS) is 25.2. The van der Waals surface area contributed by atoms with E-state index in [-0.39, 0.29) is 0 Å². The van der Waals surface area contributed by atoms with Gasteiger partial charge >= 0.3 is 0 Å². The molecule has 2 rings (SSSR count). The van der Waals surface area contributed by atoms with Crippen molar-refractivity contribution in [3.05, 3.63) is 33.3 Å². The third kappa shape index (κ3) is 3.04. The number of halogens is 2. The second-order valence-corrected chi connectivity index (χ2v) is 6.46. The first-order valence-corrected chi connectivity index (χ1v) is 7.42. The summed E-state index contributed by atoms with van der Waals surface area (Å²) >= 11 is 9.67. The highest BCUT2D eigenvalue weighted by Crippen LogP contribution is 2.38. The van der Waals surface area contributed by atoms with E-state index in [0.717, 1.165) is 22.6 Å². The van der Waals surface area contributed by atoms with Crippen LogP contribution in [0.2, 0.25) is 5.02 Å². The van der Waals surface area contributed by atoms with Gasteiger partial charge in [0.15, 0.2) is 0 Å². The Morgan fingerprint density at radius 2 is 2.18 bits per heavy atom. The number of rotatable bonds is 2. The van der Waals surface area contributed by atoms with E-state index in [4.69, 9.17) is 11.6 Å². The topological polar surface area (TPSA) is 12.0 Å². The Hall–Kier alpha value is -0.0500. The van der Waals surface area contributed by atoms with Crippen LogP contribution in [0.25, 0.3) is 0 Å². The Balaban J connectivity index is 2.29. The van der Waals surface area contributed by atoms with Crippen LogP contribution in [0.15, 0.2) is 22.7 Å². The van der Waals surface area contributed by atoms with Gasteiger partial charge in [-0.3, -0.25) is 0 Å². The molecule has 1 aliphatic heterocycles. The van der Waals surface area contributed by atoms with Crippen LogP contribution < -0.4 is 5.32 Å². The Morgan fingerprint density at radius 1 is 1.41 bits per heavy atom. The first-order chi connectivity index (χ1) is 8.09. The van der Waals surface area contributed by atoms with Gasteiger partial charge in [0, 0.05) is 9.50 Å². The SMILES string of the molecule is CC(C)C1CNCCC1c1ccc(Cl)cc1Br. The van der Waals surface area contributed by atoms with Crippen LogP contribution in [-0.2, 0) is 0 Å². The van der Waals surface area contributed by atoms with Crippen molar-refractivity contribution < 1.29 is 0 Å². The summed E-state index contributed by atoms with van der Waals surface area (Å²) in [6, 6.07) is 6.19. The minimum absolute atomic E-state index is 0.642. The highest BCUT2D eigenvalue weighted by Gasteiger charge is 2.29. The van der Waals surface area contributed by atoms with Crippen LogP contribution in [-0.4, -0.2) is 13.1 Å². The van der Waals surface area contributed by atoms with Crippen LogP contribution >= 0.6 is 27.5 Å². The average molecular weight is 317 g/mol. The van der Waals surface area contributed by atoms with Crippen LogP contribution in [0.1, 0.15) is 31.7 Å². The zero-order valence-electron chi connectivity index (χ0n) is 10.3. The predicted octanol–water partition coefficient (Wildman–Crippen LogP) is 4.45. The van der Waals surface area contributed by atoms with Crippen molar-refractivity contribution in [2.24, 2.45) is 11.8 Å². The van der Waals surface area contributed by atoms with Gasteiger partial charge in [-0.2, -0.15) is 0 Å². The van der Waals surface area contributed by atoms with Crippen LogP contribution in [0.3, 0.4) is 0 Å². The molecule has 1 nitrogen and oxygen atoms in total. The lowest BCUT2D eigenvalue weighted by Crippen LogP contribution is -2.38. The van der Waals surface area contributed by atoms with Gasteiger partial charge in [0.1, 0.15) is 0 Å². The lowest BCUT2D eigenvalue weighted by molar-refractivity contribution is 0.254. The molecule has 1 N–H and O–H groups in total. The van der Waals surface area contributed by atoms with Crippen molar-refractivity contribution in [2.75, 3.05) is 13.1 Å². The molecular formula is C14H19BrClN. The summed E-state index contributed by atoms with van der Waals surface area (Å²) in [7, 11) is 0. The summed E-state index contributed by atoms with van der Waals surface area (Å²) in [5, 5.41) is 4.31. The maximum Gasteiger partial charge on any atom is 0.0417 e. The van der Waals surface area contributed by atoms with Gasteiger partial charge in [-0.1, -0.05) is 47.4 Å². The second kappa shape index (κ2) is 5.73. The van der Waals surface area contributed by atoms with Crippen molar-refractivity contribution in [1.82, 2.24) is 5.32 Å². The van der Waals surface area contributed by atoms with Gasteiger partial charge in [-0.15, -0.1) is 0 Å². The molecule has 0 radical (unpaired) electrons. The van der Waals surface area contributed by atoms with Crippen molar-refractivity contribution in [2.45, 2.75) is 26.2 Å². The lowest BCUT2D eigenvalue weighted by Gasteiger charge is -2.35. The molecule has 2 atom stereocenters. The molecular weight excluding hydrogens is 298 g/mol. The maximum absolute atomic E-state index is 6.01. The number of hydrogen-bond donors (Lipinski definition) is 1. The molecule has 0 aliphatic carbocycles. The molecule has 3 heteroatoms. The summed E-state index contributed by atoms with van der Waals surface area (Å²) in [6.45, 7) is 6.86. The first kappa shape index (κ1) is 13.4. The number of benzene rings is 1. The van der Waals surface area contributed by atoms with Crippen molar-refractivity contribution in [3.8, 4) is 0 Å². The zero-order valence-corrected chi connectivity index (χ0v) is 12.7. The Bertz CT molecular complexity index is 392. The fraction of sp³-hybridized carbons (Fsp3) is 0.571. The van der Waals surface area contributed by atoms with Crippen LogP contribution in [0, 0.1) is 11.8 Å². The highest BCUT2D eigenvalue weighted by atomic mass is 79.9. The maximum atomic E-state index is 6.01. The molecule has 1 fully saturated rings. The van der Waals surface area contributed by atoms with E-state index in [9.17, 15) is 0 Å². The minimum Gasteiger partial charge on any atom is -0.316 e. The molecule has 0 bridgehead atoms. The standard InChI is InChI=1S/C14H19BrClN/c1-9(2)13-8-17-6-5-11(13)12-4-3-10(16)7-14(12)15/h3-4,7,9,11,13,17H,5-6,8H2,1-2H3. The molecule has 0 amide bonds. The van der Waals surface area contributed by atoms with E-state index >= 15 is 0 Å². The van der Waals surface area contributed by atoms with Gasteiger partial charge in [-0.25, -0.2) is 0 Å². The molecule has 1 aromatic rings. The summed E-state index contributed by atoms with van der Waals surface area (Å²) in [6.07, 6.45) is 1.21. The summed E-state index contributed by atoms with van der Waals surface area (Å²) in [5.41, 5.74) is 1.41. The number of nitrogens with one attached hydrogen (secondary N) is 1. The van der Waals surface area contributed by atoms with E-state index < -0.39 is 0 Å². The fourth-order valence-electron chi connectivity index (χ4n) is 2.77. The quantitative estimate of drug-likeness (QED) is 0.850. The monoisotopic (exact) mass is 315 g/mol. The Labute approximate surface area is 117 Å². The molecule has 1 aromatic carbocycles. The Morgan fingerprint density at radius 3 is 2.82 bits per heavy atom. The molecule has 1 aliphatic rings. The molecule has 0 spiro atoms. The van der Waals surface area contributed by atoms with E-state index in [1.807, 2.05) is 12.1 Å². The minimum atomic E-state index is 0.642. The van der Waals surface area contributed by atoms with E-state index in [1.165, 1.54) is 12.0 Å². The van der Waals surface area contributed by atoms with Crippen molar-refractivity contribution >= 4 is 27.5 Å². The molecule has 17 heavy (non-hydrogen) atoms. The molecule has 0 aromatic heterocycles. The third-order valence-corrected chi connectivity index (χ3v) is 4.67. The molecule has 0 saturated carbocycles. The molecule has 1 heterocycles. The van der Waals surface area contributed by atoms with Gasteiger partial charge in [0.25, 0.3) is 0 Å². The van der Waals surface area contributed by atoms with Crippen molar-refractivity contribution in [1.29, 1.82) is 0 Å². The van der Waals surface area contributed by atoms with Gasteiger partial charge in [0.2, 0.25) is 0 Å². The Kier molecular flexibility index (Phi) is 4.51. The largest absolute Gasteiger partial charge is 0.316 e. The fourth-order valence-corrected chi connectivity index (χ4v) is 3.75. The van der Waals surface area contributed by atoms with Crippen LogP contribution in [0.4, 0.5) is 0 Å². The molecule has 2 unspecified atom stereocenters. The first-order valence-electron chi connectivity index (χ1n) is 6.25. The average Bonchev–Trinajstić information content (AvgIpc) is 2.29. The van der Waals surface area contributed by atoms with Gasteiger partial charge in [0.05, 0.1) is 0 Å². The number of hydrogen-bond acceptors (Lipinski definition) is 1. The highest BCUT2D eigenvalue weighted by molar-refractivity contribution is 9.10. The second-order valence-electron chi connectivity index (χ2n) is 5.17. The van der Waals surface area contributed by atoms with Gasteiger partial charge < -0.3 is 5.32 Å². The van der Waals surface area contributed by atoms with E-state index in [2.05, 4.69) is 41.2 Å². The van der Waals surface area contributed by atoms with E-state index in [1.54, 1.807) is 0 Å². The summed E-state index contributed by atoms with van der Waals surface area (Å²) < 4.78 is 1.16. The zero-order chi connectivity index (χ0) is 12.4. The summed E-state index contributed by atoms with van der Waals surface area (Å²) in [4.78, 5) is 0. The summed E-state index contributed by atoms with van der Waals surface area (Å²) in [5.74, 6) is 2.06. The molecule has 94 valence electrons. The van der Waals surface area contributed by atoms with E-state index in [0.29, 0.717) is 17.8 Å². The lowest BCUT2D eigenvalue weighted by atomic mass is 9.75. The van der Waals surface area contributed by atoms with Gasteiger partial charge in [-0.05, 0) is 55.0 Å².